The lowest BCUT2D eigenvalue weighted by molar-refractivity contribution is 0.332. The van der Waals surface area contributed by atoms with Crippen LogP contribution in [0.15, 0.2) is 47.3 Å². The van der Waals surface area contributed by atoms with Gasteiger partial charge in [-0.1, -0.05) is 24.1 Å². The Bertz CT molecular complexity index is 954. The van der Waals surface area contributed by atoms with E-state index in [4.69, 9.17) is 15.9 Å². The van der Waals surface area contributed by atoms with Crippen LogP contribution in [0.3, 0.4) is 0 Å². The van der Waals surface area contributed by atoms with E-state index in [1.807, 2.05) is 6.07 Å². The van der Waals surface area contributed by atoms with E-state index in [-0.39, 0.29) is 12.2 Å². The molecule has 1 N–H and O–H groups in total. The summed E-state index contributed by atoms with van der Waals surface area (Å²) >= 11 is 0. The molecule has 0 aliphatic heterocycles. The zero-order chi connectivity index (χ0) is 16.2. The molecular formula is C18H14N2O3. The molecule has 0 amide bonds. The van der Waals surface area contributed by atoms with Crippen LogP contribution in [0, 0.1) is 12.3 Å². The number of hydrogen-bond acceptors (Lipinski definition) is 4. The molecule has 0 saturated carbocycles. The largest absolute Gasteiger partial charge is 0.493 e. The van der Waals surface area contributed by atoms with Gasteiger partial charge in [-0.2, -0.15) is 0 Å². The van der Waals surface area contributed by atoms with Gasteiger partial charge in [-0.15, -0.1) is 6.42 Å². The summed E-state index contributed by atoms with van der Waals surface area (Å²) in [5.74, 6) is 3.79. The van der Waals surface area contributed by atoms with E-state index in [9.17, 15) is 4.79 Å². The van der Waals surface area contributed by atoms with Gasteiger partial charge in [-0.3, -0.25) is 4.79 Å². The van der Waals surface area contributed by atoms with Gasteiger partial charge < -0.3 is 14.5 Å². The van der Waals surface area contributed by atoms with E-state index in [1.165, 1.54) is 0 Å². The molecule has 0 fully saturated rings. The Morgan fingerprint density at radius 1 is 1.22 bits per heavy atom. The van der Waals surface area contributed by atoms with Crippen molar-refractivity contribution in [2.24, 2.45) is 0 Å². The molecule has 3 rings (SSSR count). The minimum absolute atomic E-state index is 0.0885. The number of aromatic amines is 1. The fourth-order valence-electron chi connectivity index (χ4n) is 2.34. The molecule has 0 saturated heterocycles. The highest BCUT2D eigenvalue weighted by Crippen LogP contribution is 2.36. The van der Waals surface area contributed by atoms with E-state index in [0.717, 1.165) is 0 Å². The third-order valence-electron chi connectivity index (χ3n) is 3.37. The normalized spacial score (nSPS) is 10.3. The third-order valence-corrected chi connectivity index (χ3v) is 3.37. The van der Waals surface area contributed by atoms with Gasteiger partial charge in [-0.25, -0.2) is 4.98 Å². The lowest BCUT2D eigenvalue weighted by Crippen LogP contribution is -2.10. The number of benzene rings is 2. The van der Waals surface area contributed by atoms with E-state index in [0.29, 0.717) is 33.8 Å². The molecule has 0 unspecified atom stereocenters. The lowest BCUT2D eigenvalue weighted by atomic mass is 10.1. The SMILES string of the molecule is C#CCOc1c(OC)cccc1-c1nc2ccccc2c(=O)[nH]1. The second-order valence-electron chi connectivity index (χ2n) is 4.76. The van der Waals surface area contributed by atoms with Crippen molar-refractivity contribution in [2.75, 3.05) is 13.7 Å². The highest BCUT2D eigenvalue weighted by atomic mass is 16.5. The predicted molar refractivity (Wildman–Crippen MR) is 88.7 cm³/mol. The Hall–Kier alpha value is -3.26. The molecule has 0 radical (unpaired) electrons. The quantitative estimate of drug-likeness (QED) is 0.753. The van der Waals surface area contributed by atoms with Crippen LogP contribution in [0.4, 0.5) is 0 Å². The van der Waals surface area contributed by atoms with Gasteiger partial charge in [0.1, 0.15) is 12.4 Å². The van der Waals surface area contributed by atoms with Gasteiger partial charge >= 0.3 is 0 Å². The summed E-state index contributed by atoms with van der Waals surface area (Å²) in [7, 11) is 1.54. The van der Waals surface area contributed by atoms with Gasteiger partial charge in [0, 0.05) is 0 Å². The molecule has 0 bridgehead atoms. The number of fused-ring (bicyclic) bond motifs is 1. The van der Waals surface area contributed by atoms with Crippen molar-refractivity contribution in [3.05, 3.63) is 52.8 Å². The summed E-state index contributed by atoms with van der Waals surface area (Å²) < 4.78 is 10.9. The molecule has 0 aliphatic rings. The van der Waals surface area contributed by atoms with Crippen LogP contribution < -0.4 is 15.0 Å². The zero-order valence-corrected chi connectivity index (χ0v) is 12.5. The first kappa shape index (κ1) is 14.7. The molecule has 1 aromatic heterocycles. The van der Waals surface area contributed by atoms with Crippen LogP contribution in [-0.2, 0) is 0 Å². The van der Waals surface area contributed by atoms with Crippen LogP contribution in [0.2, 0.25) is 0 Å². The van der Waals surface area contributed by atoms with Crippen LogP contribution in [0.5, 0.6) is 11.5 Å². The molecule has 1 heterocycles. The van der Waals surface area contributed by atoms with Crippen molar-refractivity contribution in [1.82, 2.24) is 9.97 Å². The van der Waals surface area contributed by atoms with Crippen molar-refractivity contribution in [3.8, 4) is 35.2 Å². The number of aromatic nitrogens is 2. The van der Waals surface area contributed by atoms with Crippen LogP contribution >= 0.6 is 0 Å². The van der Waals surface area contributed by atoms with Crippen molar-refractivity contribution in [3.63, 3.8) is 0 Å². The van der Waals surface area contributed by atoms with Crippen LogP contribution in [-0.4, -0.2) is 23.7 Å². The van der Waals surface area contributed by atoms with Crippen LogP contribution in [0.1, 0.15) is 0 Å². The predicted octanol–water partition coefficient (Wildman–Crippen LogP) is 2.61. The Morgan fingerprint density at radius 2 is 2.04 bits per heavy atom. The monoisotopic (exact) mass is 306 g/mol. The van der Waals surface area contributed by atoms with E-state index in [1.54, 1.807) is 43.5 Å². The fourth-order valence-corrected chi connectivity index (χ4v) is 2.34. The maximum absolute atomic E-state index is 12.3. The molecule has 114 valence electrons. The van der Waals surface area contributed by atoms with E-state index < -0.39 is 0 Å². The number of nitrogens with zero attached hydrogens (tertiary/aromatic N) is 1. The Morgan fingerprint density at radius 3 is 2.83 bits per heavy atom. The Kier molecular flexibility index (Phi) is 3.98. The maximum Gasteiger partial charge on any atom is 0.259 e. The van der Waals surface area contributed by atoms with Crippen molar-refractivity contribution >= 4 is 10.9 Å². The first-order valence-electron chi connectivity index (χ1n) is 6.97. The first-order chi connectivity index (χ1) is 11.2. The number of para-hydroxylation sites is 2. The van der Waals surface area contributed by atoms with Gasteiger partial charge in [0.15, 0.2) is 11.5 Å². The van der Waals surface area contributed by atoms with Gasteiger partial charge in [-0.05, 0) is 24.3 Å². The van der Waals surface area contributed by atoms with E-state index in [2.05, 4.69) is 15.9 Å². The molecule has 5 nitrogen and oxygen atoms in total. The standard InChI is InChI=1S/C18H14N2O3/c1-3-11-23-16-13(8-6-10-15(16)22-2)17-19-14-9-5-4-7-12(14)18(21)20-17/h1,4-10H,11H2,2H3,(H,19,20,21). The van der Waals surface area contributed by atoms with Gasteiger partial charge in [0.25, 0.3) is 5.56 Å². The summed E-state index contributed by atoms with van der Waals surface area (Å²) in [5.41, 5.74) is 1.01. The first-order valence-corrected chi connectivity index (χ1v) is 6.97. The number of H-pyrrole nitrogens is 1. The highest BCUT2D eigenvalue weighted by Gasteiger charge is 2.15. The smallest absolute Gasteiger partial charge is 0.259 e. The molecule has 3 aromatic rings. The number of ether oxygens (including phenoxy) is 2. The Labute approximate surface area is 132 Å². The van der Waals surface area contributed by atoms with Gasteiger partial charge in [0.05, 0.1) is 23.6 Å². The second-order valence-corrected chi connectivity index (χ2v) is 4.76. The molecular weight excluding hydrogens is 292 g/mol. The summed E-state index contributed by atoms with van der Waals surface area (Å²) in [6.07, 6.45) is 5.27. The van der Waals surface area contributed by atoms with Gasteiger partial charge in [0.2, 0.25) is 0 Å². The molecule has 2 aromatic carbocycles. The number of terminal acetylenes is 1. The van der Waals surface area contributed by atoms with Crippen LogP contribution in [0.25, 0.3) is 22.3 Å². The third kappa shape index (κ3) is 2.74. The maximum atomic E-state index is 12.3. The molecule has 0 spiro atoms. The number of hydrogen-bond donors (Lipinski definition) is 1. The minimum Gasteiger partial charge on any atom is -0.493 e. The number of nitrogens with one attached hydrogen (secondary N) is 1. The average molecular weight is 306 g/mol. The topological polar surface area (TPSA) is 64.2 Å². The zero-order valence-electron chi connectivity index (χ0n) is 12.5. The van der Waals surface area contributed by atoms with Crippen molar-refractivity contribution in [2.45, 2.75) is 0 Å². The Balaban J connectivity index is 2.22. The minimum atomic E-state index is -0.212. The summed E-state index contributed by atoms with van der Waals surface area (Å²) in [5, 5.41) is 0.533. The molecule has 0 atom stereocenters. The molecule has 23 heavy (non-hydrogen) atoms. The van der Waals surface area contributed by atoms with E-state index >= 15 is 0 Å². The average Bonchev–Trinajstić information content (AvgIpc) is 2.59. The summed E-state index contributed by atoms with van der Waals surface area (Å²) in [6.45, 7) is 0.0885. The number of methoxy groups -OCH3 is 1. The molecule has 5 heteroatoms. The number of rotatable bonds is 4. The summed E-state index contributed by atoms with van der Waals surface area (Å²) in [4.78, 5) is 19.5. The molecule has 0 aliphatic carbocycles. The van der Waals surface area contributed by atoms with Crippen molar-refractivity contribution in [1.29, 1.82) is 0 Å². The highest BCUT2D eigenvalue weighted by molar-refractivity contribution is 5.80. The lowest BCUT2D eigenvalue weighted by Gasteiger charge is -2.13. The van der Waals surface area contributed by atoms with Crippen molar-refractivity contribution < 1.29 is 9.47 Å². The second kappa shape index (κ2) is 6.24. The summed E-state index contributed by atoms with van der Waals surface area (Å²) in [6, 6.07) is 12.5. The fraction of sp³-hybridized carbons (Fsp3) is 0.111.